The second-order valence-electron chi connectivity index (χ2n) is 6.88. The maximum Gasteiger partial charge on any atom is 0.265 e. The van der Waals surface area contributed by atoms with Crippen LogP contribution < -0.4 is 10.1 Å². The number of nitrogens with one attached hydrogen (secondary N) is 1. The Morgan fingerprint density at radius 3 is 2.41 bits per heavy atom. The first-order chi connectivity index (χ1) is 13.0. The fraction of sp³-hybridized carbons (Fsp3) is 0.174. The van der Waals surface area contributed by atoms with Crippen LogP contribution in [0.25, 0.3) is 21.9 Å². The quantitative estimate of drug-likeness (QED) is 0.515. The third-order valence-electron chi connectivity index (χ3n) is 4.52. The fourth-order valence-electron chi connectivity index (χ4n) is 3.31. The highest BCUT2D eigenvalue weighted by Gasteiger charge is 2.16. The van der Waals surface area contributed by atoms with Gasteiger partial charge < -0.3 is 14.5 Å². The van der Waals surface area contributed by atoms with E-state index in [9.17, 15) is 4.79 Å². The van der Waals surface area contributed by atoms with Crippen molar-refractivity contribution >= 4 is 33.5 Å². The average molecular weight is 359 g/mol. The van der Waals surface area contributed by atoms with Crippen LogP contribution in [-0.4, -0.2) is 12.0 Å². The summed E-state index contributed by atoms with van der Waals surface area (Å²) in [5.41, 5.74) is 4.47. The fourth-order valence-corrected chi connectivity index (χ4v) is 3.31. The number of rotatable bonds is 4. The minimum atomic E-state index is -0.613. The topological polar surface area (TPSA) is 51.5 Å². The number of benzene rings is 3. The Balaban J connectivity index is 1.52. The van der Waals surface area contributed by atoms with Gasteiger partial charge in [-0.3, -0.25) is 4.79 Å². The number of carbonyl (C=O) groups excluding carboxylic acids is 1. The van der Waals surface area contributed by atoms with Gasteiger partial charge in [0, 0.05) is 22.5 Å². The second-order valence-corrected chi connectivity index (χ2v) is 6.88. The van der Waals surface area contributed by atoms with E-state index in [-0.39, 0.29) is 5.91 Å². The molecule has 0 bridgehead atoms. The number of anilines is 1. The Morgan fingerprint density at radius 2 is 1.63 bits per heavy atom. The lowest BCUT2D eigenvalue weighted by molar-refractivity contribution is -0.122. The van der Waals surface area contributed by atoms with E-state index in [1.807, 2.05) is 68.4 Å². The van der Waals surface area contributed by atoms with Crippen molar-refractivity contribution in [1.82, 2.24) is 0 Å². The van der Waals surface area contributed by atoms with Crippen LogP contribution in [0.15, 0.2) is 65.1 Å². The minimum absolute atomic E-state index is 0.204. The molecular formula is C23H21NO3. The maximum absolute atomic E-state index is 12.5. The molecule has 1 N–H and O–H groups in total. The standard InChI is InChI=1S/C23H21NO3/c1-14-10-15(2)12-18(11-14)26-16(3)23(25)24-17-8-9-20-19-6-4-5-7-21(19)27-22(20)13-17/h4-13,16H,1-3H3,(H,24,25). The highest BCUT2D eigenvalue weighted by atomic mass is 16.5. The molecule has 0 saturated heterocycles. The highest BCUT2D eigenvalue weighted by molar-refractivity contribution is 6.06. The molecule has 1 amide bonds. The minimum Gasteiger partial charge on any atom is -0.481 e. The SMILES string of the molecule is Cc1cc(C)cc(OC(C)C(=O)Nc2ccc3c(c2)oc2ccccc23)c1. The predicted molar refractivity (Wildman–Crippen MR) is 108 cm³/mol. The third kappa shape index (κ3) is 3.51. The van der Waals surface area contributed by atoms with Gasteiger partial charge >= 0.3 is 0 Å². The summed E-state index contributed by atoms with van der Waals surface area (Å²) in [5, 5.41) is 5.00. The van der Waals surface area contributed by atoms with E-state index in [0.29, 0.717) is 11.4 Å². The van der Waals surface area contributed by atoms with Gasteiger partial charge in [-0.1, -0.05) is 24.3 Å². The number of fused-ring (bicyclic) bond motifs is 3. The summed E-state index contributed by atoms with van der Waals surface area (Å²) >= 11 is 0. The molecule has 1 atom stereocenters. The number of amides is 1. The van der Waals surface area contributed by atoms with Crippen molar-refractivity contribution in [3.8, 4) is 5.75 Å². The molecule has 4 nitrogen and oxygen atoms in total. The van der Waals surface area contributed by atoms with Crippen LogP contribution in [0.2, 0.25) is 0 Å². The number of hydrogen-bond acceptors (Lipinski definition) is 3. The van der Waals surface area contributed by atoms with Gasteiger partial charge in [0.25, 0.3) is 5.91 Å². The molecule has 4 rings (SSSR count). The molecule has 1 heterocycles. The number of furan rings is 1. The summed E-state index contributed by atoms with van der Waals surface area (Å²) in [5.74, 6) is 0.493. The van der Waals surface area contributed by atoms with Crippen LogP contribution in [-0.2, 0) is 4.79 Å². The van der Waals surface area contributed by atoms with Crippen molar-refractivity contribution < 1.29 is 13.9 Å². The molecule has 0 fully saturated rings. The average Bonchev–Trinajstić information content (AvgIpc) is 2.98. The molecule has 1 unspecified atom stereocenters. The molecule has 4 heteroatoms. The molecule has 0 aliphatic heterocycles. The second kappa shape index (κ2) is 6.80. The van der Waals surface area contributed by atoms with Crippen LogP contribution in [0.5, 0.6) is 5.75 Å². The summed E-state index contributed by atoms with van der Waals surface area (Å²) in [4.78, 5) is 12.5. The first-order valence-corrected chi connectivity index (χ1v) is 8.97. The lowest BCUT2D eigenvalue weighted by atomic mass is 10.1. The molecule has 3 aromatic carbocycles. The summed E-state index contributed by atoms with van der Waals surface area (Å²) in [6.45, 7) is 5.76. The van der Waals surface area contributed by atoms with E-state index < -0.39 is 6.10 Å². The molecule has 0 aliphatic carbocycles. The molecule has 0 spiro atoms. The van der Waals surface area contributed by atoms with Crippen LogP contribution >= 0.6 is 0 Å². The van der Waals surface area contributed by atoms with E-state index in [1.165, 1.54) is 0 Å². The predicted octanol–water partition coefficient (Wildman–Crippen LogP) is 5.61. The van der Waals surface area contributed by atoms with Crippen LogP contribution in [0, 0.1) is 13.8 Å². The van der Waals surface area contributed by atoms with Crippen molar-refractivity contribution in [2.45, 2.75) is 26.9 Å². The lowest BCUT2D eigenvalue weighted by Gasteiger charge is -2.15. The Morgan fingerprint density at radius 1 is 0.926 bits per heavy atom. The molecule has 27 heavy (non-hydrogen) atoms. The maximum atomic E-state index is 12.5. The summed E-state index contributed by atoms with van der Waals surface area (Å²) in [6, 6.07) is 19.5. The molecule has 0 radical (unpaired) electrons. The molecule has 0 saturated carbocycles. The zero-order valence-electron chi connectivity index (χ0n) is 15.6. The van der Waals surface area contributed by atoms with Crippen molar-refractivity contribution in [2.24, 2.45) is 0 Å². The van der Waals surface area contributed by atoms with E-state index in [1.54, 1.807) is 6.92 Å². The summed E-state index contributed by atoms with van der Waals surface area (Å²) < 4.78 is 11.7. The van der Waals surface area contributed by atoms with Crippen LogP contribution in [0.3, 0.4) is 0 Å². The monoisotopic (exact) mass is 359 g/mol. The Kier molecular flexibility index (Phi) is 4.32. The van der Waals surface area contributed by atoms with Crippen LogP contribution in [0.4, 0.5) is 5.69 Å². The van der Waals surface area contributed by atoms with E-state index in [4.69, 9.17) is 9.15 Å². The Bertz CT molecular complexity index is 1120. The molecule has 0 aliphatic rings. The van der Waals surface area contributed by atoms with Crippen molar-refractivity contribution in [1.29, 1.82) is 0 Å². The zero-order valence-corrected chi connectivity index (χ0v) is 15.6. The lowest BCUT2D eigenvalue weighted by Crippen LogP contribution is -2.30. The van der Waals surface area contributed by atoms with Gasteiger partial charge in [-0.25, -0.2) is 0 Å². The molecule has 136 valence electrons. The Labute approximate surface area is 157 Å². The van der Waals surface area contributed by atoms with Gasteiger partial charge in [-0.2, -0.15) is 0 Å². The van der Waals surface area contributed by atoms with Crippen molar-refractivity contribution in [2.75, 3.05) is 5.32 Å². The summed E-state index contributed by atoms with van der Waals surface area (Å²) in [6.07, 6.45) is -0.613. The first kappa shape index (κ1) is 17.2. The number of hydrogen-bond donors (Lipinski definition) is 1. The smallest absolute Gasteiger partial charge is 0.265 e. The van der Waals surface area contributed by atoms with Crippen molar-refractivity contribution in [3.05, 3.63) is 71.8 Å². The molecule has 1 aromatic heterocycles. The normalized spacial score (nSPS) is 12.3. The number of para-hydroxylation sites is 1. The number of carbonyl (C=O) groups is 1. The molecule has 4 aromatic rings. The first-order valence-electron chi connectivity index (χ1n) is 8.97. The van der Waals surface area contributed by atoms with Gasteiger partial charge in [0.05, 0.1) is 0 Å². The van der Waals surface area contributed by atoms with E-state index >= 15 is 0 Å². The van der Waals surface area contributed by atoms with Gasteiger partial charge in [0.15, 0.2) is 6.10 Å². The van der Waals surface area contributed by atoms with E-state index in [2.05, 4.69) is 11.4 Å². The largest absolute Gasteiger partial charge is 0.481 e. The summed E-state index contributed by atoms with van der Waals surface area (Å²) in [7, 11) is 0. The third-order valence-corrected chi connectivity index (χ3v) is 4.52. The van der Waals surface area contributed by atoms with Gasteiger partial charge in [0.2, 0.25) is 0 Å². The van der Waals surface area contributed by atoms with Gasteiger partial charge in [-0.15, -0.1) is 0 Å². The van der Waals surface area contributed by atoms with Gasteiger partial charge in [0.1, 0.15) is 16.9 Å². The number of ether oxygens (including phenoxy) is 1. The molecular weight excluding hydrogens is 338 g/mol. The zero-order chi connectivity index (χ0) is 19.0. The Hall–Kier alpha value is -3.27. The highest BCUT2D eigenvalue weighted by Crippen LogP contribution is 2.30. The van der Waals surface area contributed by atoms with Gasteiger partial charge in [-0.05, 0) is 62.2 Å². The van der Waals surface area contributed by atoms with Crippen molar-refractivity contribution in [3.63, 3.8) is 0 Å². The van der Waals surface area contributed by atoms with E-state index in [0.717, 1.165) is 33.1 Å². The van der Waals surface area contributed by atoms with Crippen LogP contribution in [0.1, 0.15) is 18.1 Å². The number of aryl methyl sites for hydroxylation is 2.